The van der Waals surface area contributed by atoms with Crippen LogP contribution in [0.25, 0.3) is 11.5 Å². The van der Waals surface area contributed by atoms with E-state index < -0.39 is 34.6 Å². The summed E-state index contributed by atoms with van der Waals surface area (Å²) < 4.78 is 44.6. The smallest absolute Gasteiger partial charge is 0.416 e. The molecule has 0 bridgehead atoms. The van der Waals surface area contributed by atoms with Crippen molar-refractivity contribution in [1.82, 2.24) is 10.3 Å². The quantitative estimate of drug-likeness (QED) is 0.241. The average Bonchev–Trinajstić information content (AvgIpc) is 3.21. The number of aromatic hydroxyl groups is 1. The van der Waals surface area contributed by atoms with Crippen molar-refractivity contribution >= 4 is 18.0 Å². The number of nitrogens with one attached hydrogen (secondary N) is 2. The van der Waals surface area contributed by atoms with Crippen molar-refractivity contribution in [2.24, 2.45) is 0 Å². The van der Waals surface area contributed by atoms with Crippen molar-refractivity contribution in [3.8, 4) is 17.2 Å². The fraction of sp³-hybridized carbons (Fsp3) is 0.476. The normalized spacial score (nSPS) is 11.4. The van der Waals surface area contributed by atoms with Gasteiger partial charge in [0.1, 0.15) is 6.26 Å². The van der Waals surface area contributed by atoms with Gasteiger partial charge in [-0.05, 0) is 18.6 Å². The molecule has 1 heterocycles. The summed E-state index contributed by atoms with van der Waals surface area (Å²) in [6, 6.07) is 1.23. The predicted octanol–water partition coefficient (Wildman–Crippen LogP) is 5.11. The number of anilines is 1. The van der Waals surface area contributed by atoms with Crippen molar-refractivity contribution < 1.29 is 32.3 Å². The Morgan fingerprint density at radius 2 is 1.84 bits per heavy atom. The van der Waals surface area contributed by atoms with Crippen molar-refractivity contribution in [1.29, 1.82) is 0 Å². The summed E-state index contributed by atoms with van der Waals surface area (Å²) in [5.41, 5.74) is -2.10. The Labute approximate surface area is 178 Å². The number of amides is 2. The number of benzene rings is 1. The number of phenols is 1. The summed E-state index contributed by atoms with van der Waals surface area (Å²) in [4.78, 5) is 26.7. The summed E-state index contributed by atoms with van der Waals surface area (Å²) in [7, 11) is 0. The zero-order valence-electron chi connectivity index (χ0n) is 17.2. The molecule has 170 valence electrons. The van der Waals surface area contributed by atoms with E-state index in [0.29, 0.717) is 18.7 Å². The highest BCUT2D eigenvalue weighted by Crippen LogP contribution is 2.41. The minimum atomic E-state index is -4.73. The fourth-order valence-electron chi connectivity index (χ4n) is 3.01. The maximum absolute atomic E-state index is 13.1. The topological polar surface area (TPSA) is 104 Å². The number of carbonyl (C=O) groups excluding carboxylic acids is 2. The van der Waals surface area contributed by atoms with Crippen molar-refractivity contribution in [2.75, 3.05) is 11.9 Å². The molecule has 2 amide bonds. The van der Waals surface area contributed by atoms with Gasteiger partial charge in [0.15, 0.2) is 11.4 Å². The van der Waals surface area contributed by atoms with Crippen molar-refractivity contribution in [2.45, 2.75) is 58.0 Å². The Kier molecular flexibility index (Phi) is 8.89. The molecule has 0 aliphatic heterocycles. The average molecular weight is 441 g/mol. The van der Waals surface area contributed by atoms with Gasteiger partial charge in [-0.25, -0.2) is 4.98 Å². The van der Waals surface area contributed by atoms with Crippen LogP contribution >= 0.6 is 0 Å². The maximum Gasteiger partial charge on any atom is 0.416 e. The Hall–Kier alpha value is -3.04. The monoisotopic (exact) mass is 441 g/mol. The summed E-state index contributed by atoms with van der Waals surface area (Å²) in [6.45, 7) is 2.59. The highest BCUT2D eigenvalue weighted by molar-refractivity contribution is 5.92. The molecule has 2 aromatic rings. The predicted molar refractivity (Wildman–Crippen MR) is 109 cm³/mol. The summed E-state index contributed by atoms with van der Waals surface area (Å²) in [6.07, 6.45) is 4.06. The van der Waals surface area contributed by atoms with Crippen LogP contribution in [0.1, 0.15) is 67.9 Å². The third kappa shape index (κ3) is 7.01. The van der Waals surface area contributed by atoms with E-state index in [9.17, 15) is 27.9 Å². The number of unbranched alkanes of at least 4 members (excludes halogenated alkanes) is 6. The first-order chi connectivity index (χ1) is 14.8. The standard InChI is InChI=1S/C21H26F3N3O4/c1-2-3-4-5-6-7-8-9-25-19(30)17-12-31-20(27-17)15-10-14(21(22,23)24)11-16(18(15)29)26-13-28/h10-13,29H,2-9H2,1H3,(H,25,30)(H,26,28). The highest BCUT2D eigenvalue weighted by Gasteiger charge is 2.33. The molecule has 2 rings (SSSR count). The van der Waals surface area contributed by atoms with Crippen LogP contribution in [-0.4, -0.2) is 29.0 Å². The largest absolute Gasteiger partial charge is 0.505 e. The maximum atomic E-state index is 13.1. The number of aromatic nitrogens is 1. The van der Waals surface area contributed by atoms with Crippen LogP contribution in [-0.2, 0) is 11.0 Å². The van der Waals surface area contributed by atoms with Crippen LogP contribution in [0.4, 0.5) is 18.9 Å². The second kappa shape index (κ2) is 11.4. The van der Waals surface area contributed by atoms with E-state index in [2.05, 4.69) is 17.2 Å². The number of halogens is 3. The number of nitrogens with zero attached hydrogens (tertiary/aromatic N) is 1. The number of phenolic OH excluding ortho intramolecular Hbond substituents is 1. The van der Waals surface area contributed by atoms with E-state index >= 15 is 0 Å². The van der Waals surface area contributed by atoms with E-state index in [1.807, 2.05) is 5.32 Å². The lowest BCUT2D eigenvalue weighted by molar-refractivity contribution is -0.137. The molecule has 0 unspecified atom stereocenters. The fourth-order valence-corrected chi connectivity index (χ4v) is 3.01. The number of rotatable bonds is 12. The molecule has 3 N–H and O–H groups in total. The third-order valence-corrected chi connectivity index (χ3v) is 4.68. The lowest BCUT2D eigenvalue weighted by Gasteiger charge is -2.12. The van der Waals surface area contributed by atoms with Crippen molar-refractivity contribution in [3.05, 3.63) is 29.7 Å². The van der Waals surface area contributed by atoms with Crippen LogP contribution in [0.2, 0.25) is 0 Å². The molecular formula is C21H26F3N3O4. The highest BCUT2D eigenvalue weighted by atomic mass is 19.4. The second-order valence-corrected chi connectivity index (χ2v) is 7.10. The first-order valence-electron chi connectivity index (χ1n) is 10.2. The lowest BCUT2D eigenvalue weighted by Crippen LogP contribution is -2.24. The molecule has 0 fully saturated rings. The molecule has 0 saturated heterocycles. The SMILES string of the molecule is CCCCCCCCCNC(=O)c1coc(-c2cc(C(F)(F)F)cc(NC=O)c2O)n1. The van der Waals surface area contributed by atoms with E-state index in [1.54, 1.807) is 0 Å². The van der Waals surface area contributed by atoms with E-state index in [1.165, 1.54) is 19.3 Å². The van der Waals surface area contributed by atoms with Crippen LogP contribution in [0, 0.1) is 0 Å². The first kappa shape index (κ1) is 24.2. The zero-order valence-corrected chi connectivity index (χ0v) is 17.2. The number of hydrogen-bond donors (Lipinski definition) is 3. The van der Waals surface area contributed by atoms with Crippen LogP contribution in [0.15, 0.2) is 22.8 Å². The molecule has 0 spiro atoms. The van der Waals surface area contributed by atoms with Crippen LogP contribution in [0.3, 0.4) is 0 Å². The Morgan fingerprint density at radius 1 is 1.16 bits per heavy atom. The Morgan fingerprint density at radius 3 is 2.48 bits per heavy atom. The second-order valence-electron chi connectivity index (χ2n) is 7.10. The molecule has 0 atom stereocenters. The van der Waals surface area contributed by atoms with Gasteiger partial charge in [0, 0.05) is 6.54 Å². The molecule has 0 aliphatic rings. The number of carbonyl (C=O) groups is 2. The molecule has 7 nitrogen and oxygen atoms in total. The Bertz CT molecular complexity index is 881. The number of alkyl halides is 3. The van der Waals surface area contributed by atoms with Crippen LogP contribution in [0.5, 0.6) is 5.75 Å². The molecule has 31 heavy (non-hydrogen) atoms. The van der Waals surface area contributed by atoms with Gasteiger partial charge in [0.25, 0.3) is 5.91 Å². The van der Waals surface area contributed by atoms with Gasteiger partial charge in [-0.2, -0.15) is 13.2 Å². The minimum absolute atomic E-state index is 0.125. The number of hydrogen-bond acceptors (Lipinski definition) is 5. The van der Waals surface area contributed by atoms with Gasteiger partial charge >= 0.3 is 6.18 Å². The number of oxazole rings is 1. The molecule has 1 aromatic carbocycles. The van der Waals surface area contributed by atoms with Crippen LogP contribution < -0.4 is 10.6 Å². The molecular weight excluding hydrogens is 415 g/mol. The summed E-state index contributed by atoms with van der Waals surface area (Å²) in [5, 5.41) is 14.9. The van der Waals surface area contributed by atoms with Gasteiger partial charge < -0.3 is 20.2 Å². The van der Waals surface area contributed by atoms with Gasteiger partial charge in [-0.15, -0.1) is 0 Å². The summed E-state index contributed by atoms with van der Waals surface area (Å²) >= 11 is 0. The first-order valence-corrected chi connectivity index (χ1v) is 10.2. The molecule has 1 aromatic heterocycles. The molecule has 0 saturated carbocycles. The zero-order chi connectivity index (χ0) is 22.9. The molecule has 0 radical (unpaired) electrons. The Balaban J connectivity index is 2.04. The van der Waals surface area contributed by atoms with Gasteiger partial charge in [-0.1, -0.05) is 45.4 Å². The minimum Gasteiger partial charge on any atom is -0.505 e. The third-order valence-electron chi connectivity index (χ3n) is 4.68. The van der Waals surface area contributed by atoms with Gasteiger partial charge in [0.2, 0.25) is 12.3 Å². The molecule has 10 heteroatoms. The van der Waals surface area contributed by atoms with E-state index in [4.69, 9.17) is 4.42 Å². The van der Waals surface area contributed by atoms with Gasteiger partial charge in [-0.3, -0.25) is 9.59 Å². The van der Waals surface area contributed by atoms with E-state index in [0.717, 1.165) is 31.9 Å². The van der Waals surface area contributed by atoms with Gasteiger partial charge in [0.05, 0.1) is 16.8 Å². The molecule has 0 aliphatic carbocycles. The lowest BCUT2D eigenvalue weighted by atomic mass is 10.1. The van der Waals surface area contributed by atoms with E-state index in [-0.39, 0.29) is 18.0 Å². The van der Waals surface area contributed by atoms with Crippen molar-refractivity contribution in [3.63, 3.8) is 0 Å². The summed E-state index contributed by atoms with van der Waals surface area (Å²) in [5.74, 6) is -1.56.